The molecule has 0 amide bonds. The summed E-state index contributed by atoms with van der Waals surface area (Å²) in [5.41, 5.74) is -0.626. The minimum absolute atomic E-state index is 0.626. The molecule has 0 aromatic rings. The van der Waals surface area contributed by atoms with Gasteiger partial charge in [-0.15, -0.1) is 0 Å². The number of carbonyl (C=O) groups excluding carboxylic acids is 1. The van der Waals surface area contributed by atoms with Gasteiger partial charge >= 0.3 is 11.9 Å². The van der Waals surface area contributed by atoms with E-state index < -0.39 is 20.8 Å². The van der Waals surface area contributed by atoms with Crippen LogP contribution < -0.4 is 0 Å². The molecule has 0 radical (unpaired) electrons. The SMILES string of the molecule is CCC(C)(CC)OC(=O)C(Br)(Br)C(=O)O. The van der Waals surface area contributed by atoms with Gasteiger partial charge in [0.1, 0.15) is 5.60 Å². The predicted molar refractivity (Wildman–Crippen MR) is 63.3 cm³/mol. The van der Waals surface area contributed by atoms with Crippen LogP contribution in [0.25, 0.3) is 0 Å². The van der Waals surface area contributed by atoms with Crippen molar-refractivity contribution in [3.63, 3.8) is 0 Å². The zero-order chi connectivity index (χ0) is 12.3. The third-order valence-electron chi connectivity index (χ3n) is 2.36. The molecular weight excluding hydrogens is 332 g/mol. The number of hydrogen-bond acceptors (Lipinski definition) is 3. The van der Waals surface area contributed by atoms with Crippen molar-refractivity contribution in [2.75, 3.05) is 0 Å². The molecule has 6 heteroatoms. The van der Waals surface area contributed by atoms with Gasteiger partial charge in [0.05, 0.1) is 0 Å². The lowest BCUT2D eigenvalue weighted by Crippen LogP contribution is -2.41. The van der Waals surface area contributed by atoms with Crippen molar-refractivity contribution in [1.82, 2.24) is 0 Å². The summed E-state index contributed by atoms with van der Waals surface area (Å²) in [6.07, 6.45) is 1.26. The molecular formula is C9H14Br2O4. The summed E-state index contributed by atoms with van der Waals surface area (Å²) in [4.78, 5) is 22.3. The number of alkyl halides is 2. The van der Waals surface area contributed by atoms with Crippen molar-refractivity contribution in [3.05, 3.63) is 0 Å². The summed E-state index contributed by atoms with van der Waals surface area (Å²) < 4.78 is 3.29. The molecule has 0 aromatic carbocycles. The minimum atomic E-state index is -1.86. The molecule has 1 N–H and O–H groups in total. The Balaban J connectivity index is 4.69. The summed E-state index contributed by atoms with van der Waals surface area (Å²) in [6, 6.07) is 0. The molecule has 0 aromatic heterocycles. The monoisotopic (exact) mass is 344 g/mol. The van der Waals surface area contributed by atoms with Gasteiger partial charge in [0, 0.05) is 0 Å². The maximum Gasteiger partial charge on any atom is 0.346 e. The first-order valence-electron chi connectivity index (χ1n) is 4.54. The second-order valence-corrected chi connectivity index (χ2v) is 6.87. The molecule has 0 aliphatic carbocycles. The van der Waals surface area contributed by atoms with Crippen molar-refractivity contribution in [3.8, 4) is 0 Å². The van der Waals surface area contributed by atoms with E-state index in [0.717, 1.165) is 0 Å². The van der Waals surface area contributed by atoms with Crippen molar-refractivity contribution in [1.29, 1.82) is 0 Å². The second-order valence-electron chi connectivity index (χ2n) is 3.43. The number of carboxylic acids is 1. The molecule has 0 saturated heterocycles. The molecule has 4 nitrogen and oxygen atoms in total. The van der Waals surface area contributed by atoms with Crippen LogP contribution in [0.15, 0.2) is 0 Å². The lowest BCUT2D eigenvalue weighted by molar-refractivity contribution is -0.162. The Morgan fingerprint density at radius 2 is 1.67 bits per heavy atom. The van der Waals surface area contributed by atoms with Gasteiger partial charge in [0.15, 0.2) is 0 Å². The van der Waals surface area contributed by atoms with Crippen LogP contribution in [0.2, 0.25) is 0 Å². The molecule has 15 heavy (non-hydrogen) atoms. The van der Waals surface area contributed by atoms with Crippen LogP contribution in [0.5, 0.6) is 0 Å². The molecule has 0 rings (SSSR count). The van der Waals surface area contributed by atoms with Gasteiger partial charge in [-0.3, -0.25) is 0 Å². The molecule has 0 heterocycles. The minimum Gasteiger partial charge on any atom is -0.479 e. The highest BCUT2D eigenvalue weighted by Crippen LogP contribution is 2.31. The van der Waals surface area contributed by atoms with E-state index in [1.807, 2.05) is 13.8 Å². The maximum atomic E-state index is 11.5. The van der Waals surface area contributed by atoms with Crippen LogP contribution in [-0.4, -0.2) is 25.9 Å². The number of rotatable bonds is 5. The van der Waals surface area contributed by atoms with Gasteiger partial charge < -0.3 is 9.84 Å². The van der Waals surface area contributed by atoms with Gasteiger partial charge in [-0.1, -0.05) is 13.8 Å². The van der Waals surface area contributed by atoms with Crippen molar-refractivity contribution < 1.29 is 19.4 Å². The van der Waals surface area contributed by atoms with Crippen LogP contribution in [0.3, 0.4) is 0 Å². The second kappa shape index (κ2) is 5.30. The highest BCUT2D eigenvalue weighted by atomic mass is 79.9. The number of carbonyl (C=O) groups is 2. The average molecular weight is 346 g/mol. The number of esters is 1. The summed E-state index contributed by atoms with van der Waals surface area (Å²) in [7, 11) is 0. The third kappa shape index (κ3) is 3.75. The van der Waals surface area contributed by atoms with E-state index in [1.54, 1.807) is 6.92 Å². The summed E-state index contributed by atoms with van der Waals surface area (Å²) in [5.74, 6) is -2.18. The van der Waals surface area contributed by atoms with Crippen molar-refractivity contribution >= 4 is 43.8 Å². The van der Waals surface area contributed by atoms with Gasteiger partial charge in [-0.2, -0.15) is 0 Å². The van der Waals surface area contributed by atoms with Crippen LogP contribution in [-0.2, 0) is 14.3 Å². The number of ether oxygens (including phenoxy) is 1. The first-order chi connectivity index (χ1) is 6.69. The van der Waals surface area contributed by atoms with Gasteiger partial charge in [-0.25, -0.2) is 9.59 Å². The zero-order valence-electron chi connectivity index (χ0n) is 8.84. The van der Waals surface area contributed by atoms with Gasteiger partial charge in [0.2, 0.25) is 0 Å². The number of aliphatic carboxylic acids is 1. The summed E-state index contributed by atoms with van der Waals surface area (Å²) in [6.45, 7) is 5.52. The Morgan fingerprint density at radius 3 is 1.93 bits per heavy atom. The average Bonchev–Trinajstić information content (AvgIpc) is 2.17. The third-order valence-corrected chi connectivity index (χ3v) is 3.69. The Labute approximate surface area is 106 Å². The Kier molecular flexibility index (Phi) is 5.26. The number of carboxylic acid groups (broad SMARTS) is 1. The van der Waals surface area contributed by atoms with Crippen LogP contribution in [0, 0.1) is 0 Å². The topological polar surface area (TPSA) is 63.6 Å². The quantitative estimate of drug-likeness (QED) is 0.472. The van der Waals surface area contributed by atoms with E-state index in [4.69, 9.17) is 9.84 Å². The Hall–Kier alpha value is -0.100. The largest absolute Gasteiger partial charge is 0.479 e. The number of halogens is 2. The molecule has 0 spiro atoms. The lowest BCUT2D eigenvalue weighted by atomic mass is 10.0. The van der Waals surface area contributed by atoms with Crippen LogP contribution in [0.4, 0.5) is 0 Å². The molecule has 0 unspecified atom stereocenters. The van der Waals surface area contributed by atoms with E-state index in [9.17, 15) is 9.59 Å². The number of hydrogen-bond donors (Lipinski definition) is 1. The van der Waals surface area contributed by atoms with Crippen LogP contribution in [0.1, 0.15) is 33.6 Å². The maximum absolute atomic E-state index is 11.5. The zero-order valence-corrected chi connectivity index (χ0v) is 12.0. The van der Waals surface area contributed by atoms with E-state index in [0.29, 0.717) is 12.8 Å². The fourth-order valence-corrected chi connectivity index (χ4v) is 0.931. The lowest BCUT2D eigenvalue weighted by Gasteiger charge is -2.29. The van der Waals surface area contributed by atoms with Gasteiger partial charge in [0.25, 0.3) is 3.23 Å². The first-order valence-corrected chi connectivity index (χ1v) is 6.13. The molecule has 0 saturated carbocycles. The molecule has 0 aliphatic rings. The molecule has 0 bridgehead atoms. The van der Waals surface area contributed by atoms with E-state index in [1.165, 1.54) is 0 Å². The first kappa shape index (κ1) is 14.9. The van der Waals surface area contributed by atoms with Crippen molar-refractivity contribution in [2.45, 2.75) is 42.4 Å². The highest BCUT2D eigenvalue weighted by molar-refractivity contribution is 9.26. The van der Waals surface area contributed by atoms with Gasteiger partial charge in [-0.05, 0) is 51.6 Å². The summed E-state index contributed by atoms with van der Waals surface area (Å²) >= 11 is 5.53. The molecule has 0 atom stereocenters. The molecule has 0 aliphatic heterocycles. The predicted octanol–water partition coefficient (Wildman–Crippen LogP) is 2.68. The Bertz CT molecular complexity index is 259. The fourth-order valence-electron chi connectivity index (χ4n) is 0.770. The normalized spacial score (nSPS) is 12.3. The van der Waals surface area contributed by atoms with Crippen LogP contribution >= 0.6 is 31.9 Å². The van der Waals surface area contributed by atoms with E-state index >= 15 is 0 Å². The molecule has 88 valence electrons. The fraction of sp³-hybridized carbons (Fsp3) is 0.778. The van der Waals surface area contributed by atoms with E-state index in [2.05, 4.69) is 31.9 Å². The summed E-state index contributed by atoms with van der Waals surface area (Å²) in [5, 5.41) is 8.76. The van der Waals surface area contributed by atoms with Crippen molar-refractivity contribution in [2.24, 2.45) is 0 Å². The van der Waals surface area contributed by atoms with E-state index in [-0.39, 0.29) is 0 Å². The smallest absolute Gasteiger partial charge is 0.346 e. The Morgan fingerprint density at radius 1 is 1.27 bits per heavy atom. The standard InChI is InChI=1S/C9H14Br2O4/c1-4-8(3,5-2)15-7(14)9(10,11)6(12)13/h4-5H2,1-3H3,(H,12,13). The molecule has 0 fully saturated rings. The highest BCUT2D eigenvalue weighted by Gasteiger charge is 2.45.